The molecule has 0 saturated carbocycles. The number of H-pyrrole nitrogens is 1. The number of nitrogens with one attached hydrogen (secondary N) is 2. The van der Waals surface area contributed by atoms with Gasteiger partial charge in [0.15, 0.2) is 0 Å². The summed E-state index contributed by atoms with van der Waals surface area (Å²) in [6.07, 6.45) is 7.95. The molecule has 0 spiro atoms. The molecular formula is C25H32N4O4S. The van der Waals surface area contributed by atoms with E-state index in [0.29, 0.717) is 28.6 Å². The normalized spacial score (nSPS) is 13.0. The van der Waals surface area contributed by atoms with Crippen LogP contribution in [-0.2, 0) is 11.2 Å². The lowest BCUT2D eigenvalue weighted by molar-refractivity contribution is 0.0950. The number of nitriles is 1. The van der Waals surface area contributed by atoms with Crippen LogP contribution in [0, 0.1) is 16.7 Å². The smallest absolute Gasteiger partial charge is 0.259 e. The number of rotatable bonds is 11. The molecule has 2 aromatic rings. The van der Waals surface area contributed by atoms with E-state index in [2.05, 4.69) is 21.4 Å². The van der Waals surface area contributed by atoms with Crippen molar-refractivity contribution in [1.82, 2.24) is 15.3 Å². The molecule has 182 valence electrons. The fourth-order valence-corrected chi connectivity index (χ4v) is 4.22. The van der Waals surface area contributed by atoms with Gasteiger partial charge in [-0.25, -0.2) is 4.98 Å². The highest BCUT2D eigenvalue weighted by molar-refractivity contribution is 7.91. The lowest BCUT2D eigenvalue weighted by atomic mass is 9.85. The van der Waals surface area contributed by atoms with Crippen LogP contribution in [0.25, 0.3) is 17.3 Å². The van der Waals surface area contributed by atoms with Crippen molar-refractivity contribution in [3.8, 4) is 28.8 Å². The summed E-state index contributed by atoms with van der Waals surface area (Å²) in [5, 5.41) is 22.8. The van der Waals surface area contributed by atoms with Gasteiger partial charge in [-0.15, -0.1) is 0 Å². The average molecular weight is 485 g/mol. The summed E-state index contributed by atoms with van der Waals surface area (Å²) in [4.78, 5) is 20.2. The third kappa shape index (κ3) is 6.89. The quantitative estimate of drug-likeness (QED) is 0.323. The number of amides is 1. The zero-order valence-electron chi connectivity index (χ0n) is 20.3. The highest BCUT2D eigenvalue weighted by Crippen LogP contribution is 2.34. The van der Waals surface area contributed by atoms with Crippen LogP contribution in [0.15, 0.2) is 36.1 Å². The van der Waals surface area contributed by atoms with Crippen LogP contribution in [0.4, 0.5) is 0 Å². The van der Waals surface area contributed by atoms with Crippen molar-refractivity contribution in [1.29, 1.82) is 5.26 Å². The Balaban J connectivity index is 2.30. The Labute approximate surface area is 203 Å². The first-order chi connectivity index (χ1) is 16.2. The number of imidazole rings is 1. The Kier molecular flexibility index (Phi) is 9.78. The molecule has 34 heavy (non-hydrogen) atoms. The van der Waals surface area contributed by atoms with Crippen LogP contribution >= 0.6 is 0 Å². The van der Waals surface area contributed by atoms with Gasteiger partial charge in [0, 0.05) is 5.56 Å². The fraction of sp³-hybridized carbons (Fsp3) is 0.400. The Morgan fingerprint density at radius 3 is 2.76 bits per heavy atom. The van der Waals surface area contributed by atoms with Crippen molar-refractivity contribution in [2.24, 2.45) is 5.41 Å². The number of methoxy groups -OCH3 is 1. The third-order valence-corrected chi connectivity index (χ3v) is 6.64. The number of carbonyl (C=O) groups is 1. The monoisotopic (exact) mass is 484 g/mol. The highest BCUT2D eigenvalue weighted by Gasteiger charge is 2.22. The van der Waals surface area contributed by atoms with E-state index in [-0.39, 0.29) is 23.6 Å². The number of ether oxygens (including phenoxy) is 1. The molecule has 1 heterocycles. The molecule has 8 nitrogen and oxygen atoms in total. The number of aromatic hydroxyl groups is 1. The van der Waals surface area contributed by atoms with Gasteiger partial charge in [0.25, 0.3) is 5.91 Å². The minimum absolute atomic E-state index is 0.0123. The number of allylic oxidation sites excluding steroid dienone is 3. The average Bonchev–Trinajstić information content (AvgIpc) is 3.27. The van der Waals surface area contributed by atoms with E-state index in [0.717, 1.165) is 12.0 Å². The van der Waals surface area contributed by atoms with Gasteiger partial charge in [0.1, 0.15) is 34.4 Å². The molecule has 1 unspecified atom stereocenters. The molecule has 0 aliphatic rings. The minimum atomic E-state index is -0.990. The summed E-state index contributed by atoms with van der Waals surface area (Å²) in [6, 6.07) is 5.38. The molecule has 0 fully saturated rings. The van der Waals surface area contributed by atoms with E-state index in [1.54, 1.807) is 18.3 Å². The van der Waals surface area contributed by atoms with Gasteiger partial charge in [-0.2, -0.15) is 5.26 Å². The SMILES string of the molecule is C/C=C\C(=C/c1ncc(-c2cc(O)c(C(=O)NCC[S+]([O-])CCC)c(OC)c2)[nH]1)C(C)(C)C#N. The number of hydrogen-bond donors (Lipinski definition) is 3. The molecule has 0 aliphatic heterocycles. The molecule has 2 rings (SSSR count). The standard InChI is InChI=1S/C25H32N4O4S/c1-6-8-18(25(3,4)16-26)14-22-28-15-19(29-22)17-12-20(30)23(21(13-17)33-5)24(31)27-9-11-34(32)10-7-2/h6,8,12-15,30H,7,9-11H2,1-5H3,(H,27,31)(H,28,29)/b8-6-,18-14+. The molecule has 0 bridgehead atoms. The first-order valence-electron chi connectivity index (χ1n) is 11.0. The molecule has 3 N–H and O–H groups in total. The molecule has 1 aromatic carbocycles. The molecule has 1 aromatic heterocycles. The van der Waals surface area contributed by atoms with Crippen molar-refractivity contribution in [3.63, 3.8) is 0 Å². The van der Waals surface area contributed by atoms with E-state index in [9.17, 15) is 19.7 Å². The molecule has 1 amide bonds. The maximum Gasteiger partial charge on any atom is 0.259 e. The second kappa shape index (κ2) is 12.3. The van der Waals surface area contributed by atoms with E-state index in [4.69, 9.17) is 4.74 Å². The number of phenols is 1. The molecule has 9 heteroatoms. The van der Waals surface area contributed by atoms with Crippen LogP contribution in [0.1, 0.15) is 50.3 Å². The van der Waals surface area contributed by atoms with Crippen molar-refractivity contribution in [2.45, 2.75) is 34.1 Å². The maximum atomic E-state index is 12.6. The van der Waals surface area contributed by atoms with Crippen LogP contribution < -0.4 is 10.1 Å². The second-order valence-electron chi connectivity index (χ2n) is 8.20. The number of aromatic amines is 1. The van der Waals surface area contributed by atoms with Gasteiger partial charge >= 0.3 is 0 Å². The van der Waals surface area contributed by atoms with Gasteiger partial charge in [-0.1, -0.05) is 30.3 Å². The molecule has 1 atom stereocenters. The van der Waals surface area contributed by atoms with E-state index in [1.165, 1.54) is 13.2 Å². The maximum absolute atomic E-state index is 12.6. The number of benzene rings is 1. The summed E-state index contributed by atoms with van der Waals surface area (Å²) in [6.45, 7) is 7.73. The van der Waals surface area contributed by atoms with Gasteiger partial charge in [0.2, 0.25) is 0 Å². The van der Waals surface area contributed by atoms with Gasteiger partial charge < -0.3 is 24.7 Å². The van der Waals surface area contributed by atoms with Crippen LogP contribution in [-0.4, -0.2) is 50.7 Å². The van der Waals surface area contributed by atoms with Gasteiger partial charge in [-0.05, 0) is 51.0 Å². The summed E-state index contributed by atoms with van der Waals surface area (Å²) in [5.74, 6) is 0.944. The zero-order valence-corrected chi connectivity index (χ0v) is 21.1. The largest absolute Gasteiger partial charge is 0.616 e. The number of carbonyl (C=O) groups excluding carboxylic acids is 1. The summed E-state index contributed by atoms with van der Waals surface area (Å²) >= 11 is -0.990. The van der Waals surface area contributed by atoms with E-state index in [1.807, 2.05) is 39.8 Å². The second-order valence-corrected chi connectivity index (χ2v) is 9.89. The van der Waals surface area contributed by atoms with E-state index < -0.39 is 22.5 Å². The highest BCUT2D eigenvalue weighted by atomic mass is 32.2. The summed E-state index contributed by atoms with van der Waals surface area (Å²) in [7, 11) is 1.42. The molecule has 0 aliphatic carbocycles. The van der Waals surface area contributed by atoms with Crippen molar-refractivity contribution in [3.05, 3.63) is 47.4 Å². The van der Waals surface area contributed by atoms with Crippen LogP contribution in [0.2, 0.25) is 0 Å². The topological polar surface area (TPSA) is 134 Å². The van der Waals surface area contributed by atoms with Crippen LogP contribution in [0.3, 0.4) is 0 Å². The van der Waals surface area contributed by atoms with Crippen molar-refractivity contribution < 1.29 is 19.2 Å². The predicted octanol–water partition coefficient (Wildman–Crippen LogP) is 4.19. The summed E-state index contributed by atoms with van der Waals surface area (Å²) in [5.41, 5.74) is 1.30. The molecule has 0 saturated heterocycles. The zero-order chi connectivity index (χ0) is 25.3. The number of nitrogens with zero attached hydrogens (tertiary/aromatic N) is 2. The fourth-order valence-electron chi connectivity index (χ4n) is 3.23. The Morgan fingerprint density at radius 1 is 1.41 bits per heavy atom. The van der Waals surface area contributed by atoms with Crippen LogP contribution in [0.5, 0.6) is 11.5 Å². The molecule has 0 radical (unpaired) electrons. The van der Waals surface area contributed by atoms with E-state index >= 15 is 0 Å². The lowest BCUT2D eigenvalue weighted by Crippen LogP contribution is -2.30. The first kappa shape index (κ1) is 27.0. The molecular weight excluding hydrogens is 452 g/mol. The Morgan fingerprint density at radius 2 is 2.15 bits per heavy atom. The van der Waals surface area contributed by atoms with Gasteiger partial charge in [0.05, 0.1) is 37.0 Å². The third-order valence-electron chi connectivity index (χ3n) is 5.12. The number of aromatic nitrogens is 2. The Hall–Kier alpha value is -3.22. The number of hydrogen-bond acceptors (Lipinski definition) is 6. The van der Waals surface area contributed by atoms with Crippen molar-refractivity contribution in [2.75, 3.05) is 25.2 Å². The first-order valence-corrected chi connectivity index (χ1v) is 12.5. The number of phenolic OH excluding ortho intramolecular Hbond substituents is 1. The Bertz CT molecular complexity index is 1100. The summed E-state index contributed by atoms with van der Waals surface area (Å²) < 4.78 is 17.1. The van der Waals surface area contributed by atoms with Gasteiger partial charge in [-0.3, -0.25) is 4.79 Å². The minimum Gasteiger partial charge on any atom is -0.616 e. The van der Waals surface area contributed by atoms with Crippen molar-refractivity contribution >= 4 is 23.2 Å². The lowest BCUT2D eigenvalue weighted by Gasteiger charge is -2.16. The predicted molar refractivity (Wildman–Crippen MR) is 135 cm³/mol.